The van der Waals surface area contributed by atoms with Gasteiger partial charge in [-0.2, -0.15) is 0 Å². The maximum absolute atomic E-state index is 11.4. The summed E-state index contributed by atoms with van der Waals surface area (Å²) in [5, 5.41) is 3.30. The Morgan fingerprint density at radius 1 is 1.15 bits per heavy atom. The molecule has 0 aromatic heterocycles. The van der Waals surface area contributed by atoms with Gasteiger partial charge >= 0.3 is 0 Å². The average molecular weight is 203 g/mol. The summed E-state index contributed by atoms with van der Waals surface area (Å²) in [6.07, 6.45) is 3.16. The monoisotopic (exact) mass is 203 g/mol. The molecule has 2 atom stereocenters. The number of nitrogens with one attached hydrogen (secondary N) is 1. The minimum atomic E-state index is -2.70. The molecule has 2 aliphatic rings. The second kappa shape index (κ2) is 3.58. The van der Waals surface area contributed by atoms with Crippen LogP contribution in [0.5, 0.6) is 0 Å². The SMILES string of the molecule is O=S1(=O)CCCC(C2CCNC2)C1. The summed E-state index contributed by atoms with van der Waals surface area (Å²) in [5.41, 5.74) is 0. The quantitative estimate of drug-likeness (QED) is 0.672. The van der Waals surface area contributed by atoms with Crippen LogP contribution in [0.3, 0.4) is 0 Å². The first-order valence-electron chi connectivity index (χ1n) is 5.08. The first-order chi connectivity index (χ1) is 6.17. The Morgan fingerprint density at radius 2 is 2.00 bits per heavy atom. The van der Waals surface area contributed by atoms with E-state index in [9.17, 15) is 8.42 Å². The van der Waals surface area contributed by atoms with Crippen LogP contribution in [0.1, 0.15) is 19.3 Å². The highest BCUT2D eigenvalue weighted by Crippen LogP contribution is 2.28. The zero-order valence-corrected chi connectivity index (χ0v) is 8.65. The van der Waals surface area contributed by atoms with Crippen LogP contribution < -0.4 is 5.32 Å². The van der Waals surface area contributed by atoms with Gasteiger partial charge in [-0.1, -0.05) is 0 Å². The molecular formula is C9H17NO2S. The van der Waals surface area contributed by atoms with Gasteiger partial charge in [-0.25, -0.2) is 8.42 Å². The van der Waals surface area contributed by atoms with E-state index in [-0.39, 0.29) is 0 Å². The average Bonchev–Trinajstić information content (AvgIpc) is 2.53. The van der Waals surface area contributed by atoms with Crippen molar-refractivity contribution < 1.29 is 8.42 Å². The number of sulfone groups is 1. The molecule has 2 saturated heterocycles. The van der Waals surface area contributed by atoms with Crippen LogP contribution in [0.2, 0.25) is 0 Å². The Labute approximate surface area is 79.8 Å². The highest BCUT2D eigenvalue weighted by atomic mass is 32.2. The Kier molecular flexibility index (Phi) is 2.60. The fraction of sp³-hybridized carbons (Fsp3) is 1.00. The zero-order valence-electron chi connectivity index (χ0n) is 7.83. The van der Waals surface area contributed by atoms with Gasteiger partial charge in [-0.15, -0.1) is 0 Å². The third-order valence-corrected chi connectivity index (χ3v) is 5.11. The summed E-state index contributed by atoms with van der Waals surface area (Å²) >= 11 is 0. The van der Waals surface area contributed by atoms with E-state index >= 15 is 0 Å². The summed E-state index contributed by atoms with van der Waals surface area (Å²) in [7, 11) is -2.70. The van der Waals surface area contributed by atoms with E-state index in [1.54, 1.807) is 0 Å². The van der Waals surface area contributed by atoms with Crippen molar-refractivity contribution in [2.45, 2.75) is 19.3 Å². The minimum absolute atomic E-state index is 0.420. The molecular weight excluding hydrogens is 186 g/mol. The Hall–Kier alpha value is -0.0900. The highest BCUT2D eigenvalue weighted by Gasteiger charge is 2.31. The van der Waals surface area contributed by atoms with Crippen LogP contribution in [0.25, 0.3) is 0 Å². The van der Waals surface area contributed by atoms with Gasteiger partial charge in [-0.3, -0.25) is 0 Å². The lowest BCUT2D eigenvalue weighted by Gasteiger charge is -2.26. The van der Waals surface area contributed by atoms with E-state index in [0.717, 1.165) is 25.9 Å². The van der Waals surface area contributed by atoms with Crippen molar-refractivity contribution in [1.29, 1.82) is 0 Å². The van der Waals surface area contributed by atoms with Gasteiger partial charge < -0.3 is 5.32 Å². The molecule has 2 fully saturated rings. The van der Waals surface area contributed by atoms with E-state index in [0.29, 0.717) is 23.3 Å². The standard InChI is InChI=1S/C9H17NO2S/c11-13(12)5-1-2-9(7-13)8-3-4-10-6-8/h8-10H,1-7H2. The fourth-order valence-corrected chi connectivity index (χ4v) is 4.37. The lowest BCUT2D eigenvalue weighted by molar-refractivity contribution is 0.351. The Bertz CT molecular complexity index is 267. The molecule has 0 aliphatic carbocycles. The molecule has 0 amide bonds. The van der Waals surface area contributed by atoms with E-state index in [1.807, 2.05) is 0 Å². The molecule has 2 heterocycles. The molecule has 3 nitrogen and oxygen atoms in total. The molecule has 2 aliphatic heterocycles. The molecule has 4 heteroatoms. The fourth-order valence-electron chi connectivity index (χ4n) is 2.51. The van der Waals surface area contributed by atoms with Gasteiger partial charge in [-0.05, 0) is 44.2 Å². The topological polar surface area (TPSA) is 46.2 Å². The van der Waals surface area contributed by atoms with Crippen molar-refractivity contribution in [2.75, 3.05) is 24.6 Å². The molecule has 0 aromatic carbocycles. The number of hydrogen-bond donors (Lipinski definition) is 1. The molecule has 0 bridgehead atoms. The summed E-state index contributed by atoms with van der Waals surface area (Å²) < 4.78 is 22.8. The van der Waals surface area contributed by atoms with Crippen molar-refractivity contribution in [3.8, 4) is 0 Å². The minimum Gasteiger partial charge on any atom is -0.316 e. The molecule has 0 spiro atoms. The van der Waals surface area contributed by atoms with Crippen molar-refractivity contribution in [1.82, 2.24) is 5.32 Å². The Morgan fingerprint density at radius 3 is 2.62 bits per heavy atom. The van der Waals surface area contributed by atoms with Gasteiger partial charge in [0.2, 0.25) is 0 Å². The van der Waals surface area contributed by atoms with Crippen LogP contribution in [0.4, 0.5) is 0 Å². The number of hydrogen-bond acceptors (Lipinski definition) is 3. The molecule has 0 saturated carbocycles. The third-order valence-electron chi connectivity index (χ3n) is 3.26. The summed E-state index contributed by atoms with van der Waals surface area (Å²) in [6, 6.07) is 0. The van der Waals surface area contributed by atoms with Crippen LogP contribution in [0.15, 0.2) is 0 Å². The maximum Gasteiger partial charge on any atom is 0.150 e. The van der Waals surface area contributed by atoms with Crippen molar-refractivity contribution in [2.24, 2.45) is 11.8 Å². The van der Waals surface area contributed by atoms with Crippen LogP contribution in [-0.4, -0.2) is 33.0 Å². The van der Waals surface area contributed by atoms with Gasteiger partial charge in [0.15, 0.2) is 9.84 Å². The second-order valence-electron chi connectivity index (χ2n) is 4.27. The molecule has 0 radical (unpaired) electrons. The highest BCUT2D eigenvalue weighted by molar-refractivity contribution is 7.91. The van der Waals surface area contributed by atoms with Crippen molar-refractivity contribution in [3.05, 3.63) is 0 Å². The molecule has 13 heavy (non-hydrogen) atoms. The molecule has 2 unspecified atom stereocenters. The lowest BCUT2D eigenvalue weighted by atomic mass is 9.89. The summed E-state index contributed by atoms with van der Waals surface area (Å²) in [4.78, 5) is 0. The van der Waals surface area contributed by atoms with Gasteiger partial charge in [0.25, 0.3) is 0 Å². The molecule has 0 aromatic rings. The molecule has 1 N–H and O–H groups in total. The summed E-state index contributed by atoms with van der Waals surface area (Å²) in [6.45, 7) is 2.10. The van der Waals surface area contributed by atoms with Gasteiger partial charge in [0, 0.05) is 0 Å². The van der Waals surface area contributed by atoms with E-state index < -0.39 is 9.84 Å². The van der Waals surface area contributed by atoms with Crippen molar-refractivity contribution in [3.63, 3.8) is 0 Å². The number of rotatable bonds is 1. The van der Waals surface area contributed by atoms with Crippen LogP contribution >= 0.6 is 0 Å². The Balaban J connectivity index is 1.99. The zero-order chi connectivity index (χ0) is 9.31. The first-order valence-corrected chi connectivity index (χ1v) is 6.91. The summed E-state index contributed by atoms with van der Waals surface area (Å²) in [5.74, 6) is 1.92. The van der Waals surface area contributed by atoms with Crippen molar-refractivity contribution >= 4 is 9.84 Å². The predicted octanol–water partition coefficient (Wildman–Crippen LogP) is 0.421. The third kappa shape index (κ3) is 2.23. The van der Waals surface area contributed by atoms with Crippen LogP contribution in [-0.2, 0) is 9.84 Å². The van der Waals surface area contributed by atoms with E-state index in [4.69, 9.17) is 0 Å². The smallest absolute Gasteiger partial charge is 0.150 e. The second-order valence-corrected chi connectivity index (χ2v) is 6.50. The van der Waals surface area contributed by atoms with E-state index in [2.05, 4.69) is 5.32 Å². The van der Waals surface area contributed by atoms with Gasteiger partial charge in [0.1, 0.15) is 0 Å². The van der Waals surface area contributed by atoms with Crippen LogP contribution in [0, 0.1) is 11.8 Å². The first kappa shape index (κ1) is 9.46. The van der Waals surface area contributed by atoms with Gasteiger partial charge in [0.05, 0.1) is 11.5 Å². The molecule has 2 rings (SSSR count). The lowest BCUT2D eigenvalue weighted by Crippen LogP contribution is -2.31. The predicted molar refractivity (Wildman–Crippen MR) is 52.4 cm³/mol. The van der Waals surface area contributed by atoms with E-state index in [1.165, 1.54) is 6.42 Å². The largest absolute Gasteiger partial charge is 0.316 e. The maximum atomic E-state index is 11.4. The normalized spacial score (nSPS) is 39.1. The molecule has 76 valence electrons.